The molecule has 0 bridgehead atoms. The quantitative estimate of drug-likeness (QED) is 0.174. The number of hydrogen-bond acceptors (Lipinski definition) is 4. The van der Waals surface area contributed by atoms with E-state index >= 15 is 0 Å². The molecule has 0 aliphatic rings. The van der Waals surface area contributed by atoms with Gasteiger partial charge in [-0.3, -0.25) is 13.9 Å². The zero-order valence-electron chi connectivity index (χ0n) is 27.0. The third-order valence-corrected chi connectivity index (χ3v) is 9.49. The van der Waals surface area contributed by atoms with Crippen LogP contribution in [0.4, 0.5) is 5.69 Å². The summed E-state index contributed by atoms with van der Waals surface area (Å²) in [4.78, 5) is 30.1. The summed E-state index contributed by atoms with van der Waals surface area (Å²) >= 11 is 6.32. The van der Waals surface area contributed by atoms with Crippen molar-refractivity contribution in [2.75, 3.05) is 10.8 Å². The molecule has 7 nitrogen and oxygen atoms in total. The van der Waals surface area contributed by atoms with Gasteiger partial charge >= 0.3 is 0 Å². The van der Waals surface area contributed by atoms with E-state index in [1.54, 1.807) is 48.5 Å². The van der Waals surface area contributed by atoms with Crippen LogP contribution in [0.25, 0.3) is 0 Å². The number of nitrogens with zero attached hydrogens (tertiary/aromatic N) is 2. The van der Waals surface area contributed by atoms with Gasteiger partial charge in [-0.15, -0.1) is 0 Å². The molecule has 0 saturated heterocycles. The van der Waals surface area contributed by atoms with E-state index in [1.165, 1.54) is 17.0 Å². The van der Waals surface area contributed by atoms with Crippen LogP contribution in [-0.2, 0) is 32.6 Å². The second-order valence-corrected chi connectivity index (χ2v) is 15.0. The molecule has 0 spiro atoms. The second kappa shape index (κ2) is 15.0. The maximum absolute atomic E-state index is 14.6. The van der Waals surface area contributed by atoms with Gasteiger partial charge in [0.25, 0.3) is 10.0 Å². The zero-order chi connectivity index (χ0) is 33.5. The maximum atomic E-state index is 14.6. The Hall–Kier alpha value is -4.14. The Labute approximate surface area is 278 Å². The molecule has 2 amide bonds. The molecule has 1 unspecified atom stereocenters. The van der Waals surface area contributed by atoms with Gasteiger partial charge in [-0.25, -0.2) is 8.42 Å². The van der Waals surface area contributed by atoms with Crippen molar-refractivity contribution < 1.29 is 18.0 Å². The molecule has 242 valence electrons. The molecule has 4 aromatic carbocycles. The van der Waals surface area contributed by atoms with Crippen LogP contribution in [0.1, 0.15) is 57.2 Å². The summed E-state index contributed by atoms with van der Waals surface area (Å²) in [5, 5.41) is 3.53. The van der Waals surface area contributed by atoms with E-state index in [-0.39, 0.29) is 29.7 Å². The molecule has 4 aromatic rings. The Morgan fingerprint density at radius 2 is 1.39 bits per heavy atom. The van der Waals surface area contributed by atoms with Crippen molar-refractivity contribution in [1.82, 2.24) is 10.2 Å². The van der Waals surface area contributed by atoms with Crippen molar-refractivity contribution in [1.29, 1.82) is 0 Å². The number of benzene rings is 4. The van der Waals surface area contributed by atoms with Gasteiger partial charge < -0.3 is 10.2 Å². The van der Waals surface area contributed by atoms with Gasteiger partial charge in [0, 0.05) is 23.5 Å². The number of amides is 2. The SMILES string of the molecule is CC(C)c1ccc(N(CC(=O)N(Cc2cccc(Cl)c2)C(Cc2ccccc2)C(=O)NC(C)(C)C)S(=O)(=O)c2ccccc2)cc1. The standard InChI is InChI=1S/C37H42ClN3O4S/c1-27(2)30-19-21-32(22-20-30)41(46(44,45)33-17-10-7-11-18-33)26-35(42)40(25-29-15-12-16-31(38)23-29)34(36(43)39-37(3,4)5)24-28-13-8-6-9-14-28/h6-23,27,34H,24-26H2,1-5H3,(H,39,43). The largest absolute Gasteiger partial charge is 0.350 e. The maximum Gasteiger partial charge on any atom is 0.264 e. The molecule has 0 aromatic heterocycles. The lowest BCUT2D eigenvalue weighted by molar-refractivity contribution is -0.140. The van der Waals surface area contributed by atoms with Crippen LogP contribution < -0.4 is 9.62 Å². The van der Waals surface area contributed by atoms with E-state index in [0.717, 1.165) is 15.4 Å². The number of rotatable bonds is 12. The Morgan fingerprint density at radius 1 is 0.804 bits per heavy atom. The number of anilines is 1. The first-order valence-electron chi connectivity index (χ1n) is 15.3. The van der Waals surface area contributed by atoms with Crippen molar-refractivity contribution in [2.45, 2.75) is 70.0 Å². The number of carbonyl (C=O) groups excluding carboxylic acids is 2. The first-order valence-corrected chi connectivity index (χ1v) is 17.1. The fourth-order valence-corrected chi connectivity index (χ4v) is 6.76. The third kappa shape index (κ3) is 9.21. The summed E-state index contributed by atoms with van der Waals surface area (Å²) in [5.41, 5.74) is 2.39. The van der Waals surface area contributed by atoms with Gasteiger partial charge in [0.2, 0.25) is 11.8 Å². The smallest absolute Gasteiger partial charge is 0.264 e. The highest BCUT2D eigenvalue weighted by Gasteiger charge is 2.35. The molecule has 0 radical (unpaired) electrons. The first-order chi connectivity index (χ1) is 21.7. The van der Waals surface area contributed by atoms with Crippen molar-refractivity contribution in [3.63, 3.8) is 0 Å². The van der Waals surface area contributed by atoms with E-state index in [4.69, 9.17) is 11.6 Å². The molecule has 4 rings (SSSR count). The fraction of sp³-hybridized carbons (Fsp3) is 0.297. The highest BCUT2D eigenvalue weighted by molar-refractivity contribution is 7.92. The number of halogens is 1. The predicted molar refractivity (Wildman–Crippen MR) is 185 cm³/mol. The van der Waals surface area contributed by atoms with Crippen LogP contribution in [0.5, 0.6) is 0 Å². The molecular formula is C37H42ClN3O4S. The number of carbonyl (C=O) groups is 2. The molecule has 1 atom stereocenters. The van der Waals surface area contributed by atoms with E-state index in [1.807, 2.05) is 69.3 Å². The Balaban J connectivity index is 1.82. The van der Waals surface area contributed by atoms with Crippen molar-refractivity contribution >= 4 is 39.1 Å². The van der Waals surface area contributed by atoms with Crippen LogP contribution in [-0.4, -0.2) is 43.3 Å². The third-order valence-electron chi connectivity index (χ3n) is 7.47. The average Bonchev–Trinajstić information content (AvgIpc) is 3.01. The topological polar surface area (TPSA) is 86.8 Å². The molecular weight excluding hydrogens is 618 g/mol. The summed E-state index contributed by atoms with van der Waals surface area (Å²) in [6.07, 6.45) is 0.226. The van der Waals surface area contributed by atoms with Crippen molar-refractivity contribution in [2.24, 2.45) is 0 Å². The van der Waals surface area contributed by atoms with Crippen LogP contribution in [0.3, 0.4) is 0 Å². The van der Waals surface area contributed by atoms with Crippen molar-refractivity contribution in [3.05, 3.63) is 131 Å². The molecule has 46 heavy (non-hydrogen) atoms. The van der Waals surface area contributed by atoms with Gasteiger partial charge in [-0.1, -0.05) is 98.2 Å². The lowest BCUT2D eigenvalue weighted by Crippen LogP contribution is -2.56. The molecule has 0 aliphatic carbocycles. The predicted octanol–water partition coefficient (Wildman–Crippen LogP) is 7.21. The van der Waals surface area contributed by atoms with E-state index in [0.29, 0.717) is 16.3 Å². The number of sulfonamides is 1. The monoisotopic (exact) mass is 659 g/mol. The normalized spacial score (nSPS) is 12.4. The fourth-order valence-electron chi connectivity index (χ4n) is 5.11. The van der Waals surface area contributed by atoms with Crippen molar-refractivity contribution in [3.8, 4) is 0 Å². The van der Waals surface area contributed by atoms with E-state index < -0.39 is 34.1 Å². The van der Waals surface area contributed by atoms with E-state index in [9.17, 15) is 18.0 Å². The second-order valence-electron chi connectivity index (χ2n) is 12.7. The van der Waals surface area contributed by atoms with Crippen LogP contribution in [0.15, 0.2) is 114 Å². The van der Waals surface area contributed by atoms with Gasteiger partial charge in [0.1, 0.15) is 12.6 Å². The van der Waals surface area contributed by atoms with Gasteiger partial charge in [0.05, 0.1) is 10.6 Å². The lowest BCUT2D eigenvalue weighted by atomic mass is 10.0. The average molecular weight is 660 g/mol. The zero-order valence-corrected chi connectivity index (χ0v) is 28.6. The molecule has 1 N–H and O–H groups in total. The highest BCUT2D eigenvalue weighted by Crippen LogP contribution is 2.27. The summed E-state index contributed by atoms with van der Waals surface area (Å²) in [6.45, 7) is 9.27. The summed E-state index contributed by atoms with van der Waals surface area (Å²) in [5.74, 6) is -0.633. The highest BCUT2D eigenvalue weighted by atomic mass is 35.5. The Kier molecular flexibility index (Phi) is 11.3. The van der Waals surface area contributed by atoms with E-state index in [2.05, 4.69) is 19.2 Å². The van der Waals surface area contributed by atoms with Gasteiger partial charge in [-0.2, -0.15) is 0 Å². The molecule has 0 aliphatic heterocycles. The Morgan fingerprint density at radius 3 is 1.96 bits per heavy atom. The first kappa shape index (κ1) is 34.7. The molecule has 9 heteroatoms. The summed E-state index contributed by atoms with van der Waals surface area (Å²) < 4.78 is 29.4. The molecule has 0 fully saturated rings. The minimum absolute atomic E-state index is 0.0416. The molecule has 0 saturated carbocycles. The lowest BCUT2D eigenvalue weighted by Gasteiger charge is -2.35. The number of nitrogens with one attached hydrogen (secondary N) is 1. The minimum atomic E-state index is -4.16. The van der Waals surface area contributed by atoms with Gasteiger partial charge in [0.15, 0.2) is 0 Å². The number of hydrogen-bond donors (Lipinski definition) is 1. The Bertz CT molecular complexity index is 1720. The minimum Gasteiger partial charge on any atom is -0.350 e. The summed E-state index contributed by atoms with van der Waals surface area (Å²) in [7, 11) is -4.16. The molecule has 0 heterocycles. The van der Waals surface area contributed by atoms with Crippen LogP contribution in [0, 0.1) is 0 Å². The van der Waals surface area contributed by atoms with Crippen LogP contribution >= 0.6 is 11.6 Å². The van der Waals surface area contributed by atoms with Crippen LogP contribution in [0.2, 0.25) is 5.02 Å². The summed E-state index contributed by atoms with van der Waals surface area (Å²) in [6, 6.07) is 30.8. The van der Waals surface area contributed by atoms with Gasteiger partial charge in [-0.05, 0) is 79.8 Å².